The Bertz CT molecular complexity index is 510. The summed E-state index contributed by atoms with van der Waals surface area (Å²) in [4.78, 5) is 0. The van der Waals surface area contributed by atoms with Gasteiger partial charge in [0.2, 0.25) is 0 Å². The van der Waals surface area contributed by atoms with Crippen molar-refractivity contribution in [1.82, 2.24) is 0 Å². The Hall–Kier alpha value is -0.900. The van der Waals surface area contributed by atoms with Gasteiger partial charge in [0.25, 0.3) is 0 Å². The monoisotopic (exact) mass is 305 g/mol. The SMILES string of the molecule is ON=C1c2cccc(OCC=C(Cl)Cl)c2CC1Cl. The Morgan fingerprint density at radius 3 is 2.94 bits per heavy atom. The van der Waals surface area contributed by atoms with Crippen LogP contribution in [0.15, 0.2) is 33.9 Å². The fraction of sp³-hybridized carbons (Fsp3) is 0.250. The van der Waals surface area contributed by atoms with Crippen molar-refractivity contribution < 1.29 is 9.94 Å². The molecule has 18 heavy (non-hydrogen) atoms. The van der Waals surface area contributed by atoms with E-state index in [4.69, 9.17) is 44.7 Å². The van der Waals surface area contributed by atoms with Gasteiger partial charge < -0.3 is 9.94 Å². The summed E-state index contributed by atoms with van der Waals surface area (Å²) >= 11 is 17.1. The molecule has 0 bridgehead atoms. The minimum atomic E-state index is -0.332. The lowest BCUT2D eigenvalue weighted by Gasteiger charge is -2.08. The maximum absolute atomic E-state index is 8.94. The first-order valence-electron chi connectivity index (χ1n) is 5.25. The molecule has 2 rings (SSSR count). The van der Waals surface area contributed by atoms with E-state index in [1.807, 2.05) is 18.2 Å². The lowest BCUT2D eigenvalue weighted by molar-refractivity contribution is 0.318. The highest BCUT2D eigenvalue weighted by Gasteiger charge is 2.29. The van der Waals surface area contributed by atoms with Crippen LogP contribution in [0.1, 0.15) is 11.1 Å². The second-order valence-corrected chi connectivity index (χ2v) is 5.28. The van der Waals surface area contributed by atoms with Gasteiger partial charge >= 0.3 is 0 Å². The van der Waals surface area contributed by atoms with Crippen molar-refractivity contribution >= 4 is 40.5 Å². The highest BCUT2D eigenvalue weighted by molar-refractivity contribution is 6.55. The Labute approximate surface area is 120 Å². The summed E-state index contributed by atoms with van der Waals surface area (Å²) in [5, 5.41) is 11.8. The fourth-order valence-electron chi connectivity index (χ4n) is 1.91. The number of fused-ring (bicyclic) bond motifs is 1. The van der Waals surface area contributed by atoms with Crippen LogP contribution >= 0.6 is 34.8 Å². The highest BCUT2D eigenvalue weighted by Crippen LogP contribution is 2.33. The molecule has 6 heteroatoms. The highest BCUT2D eigenvalue weighted by atomic mass is 35.5. The number of halogens is 3. The quantitative estimate of drug-likeness (QED) is 0.525. The molecule has 96 valence electrons. The van der Waals surface area contributed by atoms with E-state index in [-0.39, 0.29) is 16.5 Å². The zero-order valence-electron chi connectivity index (χ0n) is 9.24. The first-order chi connectivity index (χ1) is 8.63. The van der Waals surface area contributed by atoms with Gasteiger partial charge in [-0.1, -0.05) is 40.5 Å². The maximum Gasteiger partial charge on any atom is 0.123 e. The predicted octanol–water partition coefficient (Wildman–Crippen LogP) is 3.73. The van der Waals surface area contributed by atoms with E-state index >= 15 is 0 Å². The molecule has 1 unspecified atom stereocenters. The molecule has 0 heterocycles. The smallest absolute Gasteiger partial charge is 0.123 e. The molecule has 0 aromatic heterocycles. The third-order valence-corrected chi connectivity index (χ3v) is 3.34. The van der Waals surface area contributed by atoms with Crippen molar-refractivity contribution in [2.24, 2.45) is 5.16 Å². The lowest BCUT2D eigenvalue weighted by atomic mass is 10.1. The van der Waals surface area contributed by atoms with E-state index in [1.54, 1.807) is 6.08 Å². The van der Waals surface area contributed by atoms with Crippen LogP contribution in [-0.4, -0.2) is 22.9 Å². The van der Waals surface area contributed by atoms with Crippen LogP contribution in [0.25, 0.3) is 0 Å². The number of nitrogens with zero attached hydrogens (tertiary/aromatic N) is 1. The summed E-state index contributed by atoms with van der Waals surface area (Å²) < 4.78 is 5.72. The van der Waals surface area contributed by atoms with E-state index in [2.05, 4.69) is 5.16 Å². The minimum Gasteiger partial charge on any atom is -0.489 e. The Kier molecular flexibility index (Phi) is 4.38. The van der Waals surface area contributed by atoms with Crippen LogP contribution in [0.4, 0.5) is 0 Å². The van der Waals surface area contributed by atoms with Gasteiger partial charge in [-0.05, 0) is 18.6 Å². The molecule has 0 saturated heterocycles. The van der Waals surface area contributed by atoms with Crippen LogP contribution in [0, 0.1) is 0 Å². The third-order valence-electron chi connectivity index (χ3n) is 2.67. The molecule has 1 atom stereocenters. The molecule has 1 aromatic rings. The number of oxime groups is 1. The summed E-state index contributed by atoms with van der Waals surface area (Å²) in [6.45, 7) is 0.275. The van der Waals surface area contributed by atoms with E-state index in [0.717, 1.165) is 11.1 Å². The van der Waals surface area contributed by atoms with Crippen LogP contribution < -0.4 is 4.74 Å². The van der Waals surface area contributed by atoms with E-state index in [1.165, 1.54) is 0 Å². The van der Waals surface area contributed by atoms with Crippen LogP contribution in [-0.2, 0) is 6.42 Å². The van der Waals surface area contributed by atoms with Crippen LogP contribution in [0.5, 0.6) is 5.75 Å². The maximum atomic E-state index is 8.94. The summed E-state index contributed by atoms with van der Waals surface area (Å²) in [5.74, 6) is 0.697. The van der Waals surface area contributed by atoms with E-state index in [9.17, 15) is 0 Å². The summed E-state index contributed by atoms with van der Waals surface area (Å²) in [6, 6.07) is 5.50. The molecule has 0 spiro atoms. The number of alkyl halides is 1. The van der Waals surface area contributed by atoms with E-state index < -0.39 is 0 Å². The summed E-state index contributed by atoms with van der Waals surface area (Å²) in [5.41, 5.74) is 2.23. The molecular weight excluding hydrogens is 296 g/mol. The Balaban J connectivity index is 2.25. The van der Waals surface area contributed by atoms with Crippen molar-refractivity contribution in [2.75, 3.05) is 6.61 Å². The van der Waals surface area contributed by atoms with Gasteiger partial charge in [-0.15, -0.1) is 11.6 Å². The van der Waals surface area contributed by atoms with Crippen molar-refractivity contribution in [3.05, 3.63) is 39.9 Å². The molecule has 1 aromatic carbocycles. The van der Waals surface area contributed by atoms with Crippen molar-refractivity contribution in [2.45, 2.75) is 11.8 Å². The standard InChI is InChI=1S/C12H10Cl3NO2/c13-9-6-8-7(12(9)16-17)2-1-3-10(8)18-5-4-11(14)15/h1-4,9,17H,5-6H2. The molecule has 1 aliphatic carbocycles. The first-order valence-corrected chi connectivity index (χ1v) is 6.45. The zero-order chi connectivity index (χ0) is 13.1. The largest absolute Gasteiger partial charge is 0.489 e. The molecule has 0 fully saturated rings. The fourth-order valence-corrected chi connectivity index (χ4v) is 2.35. The molecule has 0 saturated carbocycles. The molecule has 3 nitrogen and oxygen atoms in total. The van der Waals surface area contributed by atoms with Crippen molar-refractivity contribution in [3.8, 4) is 5.75 Å². The van der Waals surface area contributed by atoms with Crippen molar-refractivity contribution in [3.63, 3.8) is 0 Å². The second-order valence-electron chi connectivity index (χ2n) is 3.74. The molecule has 0 aliphatic heterocycles. The molecule has 0 radical (unpaired) electrons. The second kappa shape index (κ2) is 5.83. The molecule has 1 N–H and O–H groups in total. The van der Waals surface area contributed by atoms with Gasteiger partial charge in [-0.3, -0.25) is 0 Å². The number of benzene rings is 1. The van der Waals surface area contributed by atoms with Gasteiger partial charge in [0, 0.05) is 11.1 Å². The van der Waals surface area contributed by atoms with Gasteiger partial charge in [0.05, 0.1) is 5.38 Å². The van der Waals surface area contributed by atoms with Gasteiger partial charge in [-0.25, -0.2) is 0 Å². The predicted molar refractivity (Wildman–Crippen MR) is 73.4 cm³/mol. The average Bonchev–Trinajstić information content (AvgIpc) is 2.65. The topological polar surface area (TPSA) is 41.8 Å². The number of ether oxygens (including phenoxy) is 1. The first kappa shape index (κ1) is 13.5. The van der Waals surface area contributed by atoms with E-state index in [0.29, 0.717) is 17.9 Å². The Morgan fingerprint density at radius 2 is 2.28 bits per heavy atom. The summed E-state index contributed by atoms with van der Waals surface area (Å²) in [7, 11) is 0. The number of hydrogen-bond donors (Lipinski definition) is 1. The molecule has 1 aliphatic rings. The van der Waals surface area contributed by atoms with Crippen LogP contribution in [0.2, 0.25) is 0 Å². The van der Waals surface area contributed by atoms with Crippen LogP contribution in [0.3, 0.4) is 0 Å². The number of hydrogen-bond acceptors (Lipinski definition) is 3. The van der Waals surface area contributed by atoms with Gasteiger partial charge in [-0.2, -0.15) is 0 Å². The normalized spacial score (nSPS) is 19.7. The molecular formula is C12H10Cl3NO2. The van der Waals surface area contributed by atoms with Gasteiger partial charge in [0.15, 0.2) is 0 Å². The summed E-state index contributed by atoms with van der Waals surface area (Å²) in [6.07, 6.45) is 2.13. The van der Waals surface area contributed by atoms with Gasteiger partial charge in [0.1, 0.15) is 22.6 Å². The number of rotatable bonds is 3. The third kappa shape index (κ3) is 2.74. The molecule has 0 amide bonds. The lowest BCUT2D eigenvalue weighted by Crippen LogP contribution is -2.08. The van der Waals surface area contributed by atoms with Crippen molar-refractivity contribution in [1.29, 1.82) is 0 Å². The minimum absolute atomic E-state index is 0.162. The Morgan fingerprint density at radius 1 is 1.50 bits per heavy atom. The zero-order valence-corrected chi connectivity index (χ0v) is 11.5. The average molecular weight is 307 g/mol.